The SMILES string of the molecule is CCCCn1c(SC(C)c2nc3sc(C)c(C)c3c(=O)[nH]2)nc2cc(S(N)(=O)=O)ccc21. The third kappa shape index (κ3) is 4.21. The van der Waals surface area contributed by atoms with Gasteiger partial charge in [-0.15, -0.1) is 11.3 Å². The van der Waals surface area contributed by atoms with E-state index in [4.69, 9.17) is 15.1 Å². The lowest BCUT2D eigenvalue weighted by Gasteiger charge is -2.12. The van der Waals surface area contributed by atoms with Gasteiger partial charge < -0.3 is 9.55 Å². The fourth-order valence-electron chi connectivity index (χ4n) is 3.56. The number of aromatic nitrogens is 4. The molecule has 0 saturated carbocycles. The number of thiophene rings is 1. The van der Waals surface area contributed by atoms with Crippen LogP contribution in [0.15, 0.2) is 33.0 Å². The van der Waals surface area contributed by atoms with Crippen LogP contribution in [0.4, 0.5) is 0 Å². The molecule has 0 bridgehead atoms. The molecule has 0 radical (unpaired) electrons. The van der Waals surface area contributed by atoms with E-state index in [1.54, 1.807) is 6.07 Å². The van der Waals surface area contributed by atoms with Crippen LogP contribution in [0.2, 0.25) is 0 Å². The lowest BCUT2D eigenvalue weighted by atomic mass is 10.2. The zero-order valence-corrected chi connectivity index (χ0v) is 20.7. The Bertz CT molecular complexity index is 1480. The molecule has 0 aliphatic carbocycles. The molecular weight excluding hydrogens is 466 g/mol. The highest BCUT2D eigenvalue weighted by atomic mass is 32.2. The molecule has 170 valence electrons. The summed E-state index contributed by atoms with van der Waals surface area (Å²) in [7, 11) is -3.81. The molecule has 0 amide bonds. The molecule has 4 aromatic rings. The maximum Gasteiger partial charge on any atom is 0.259 e. The number of H-pyrrole nitrogens is 1. The lowest BCUT2D eigenvalue weighted by molar-refractivity contribution is 0.597. The zero-order valence-electron chi connectivity index (χ0n) is 18.3. The zero-order chi connectivity index (χ0) is 23.2. The van der Waals surface area contributed by atoms with Crippen LogP contribution in [0.25, 0.3) is 21.3 Å². The van der Waals surface area contributed by atoms with Gasteiger partial charge in [-0.3, -0.25) is 4.79 Å². The number of nitrogens with one attached hydrogen (secondary N) is 1. The van der Waals surface area contributed by atoms with Crippen molar-refractivity contribution in [1.82, 2.24) is 19.5 Å². The first-order valence-electron chi connectivity index (χ1n) is 10.3. The number of hydrogen-bond donors (Lipinski definition) is 2. The number of primary sulfonamides is 1. The first-order valence-corrected chi connectivity index (χ1v) is 13.5. The van der Waals surface area contributed by atoms with Crippen LogP contribution < -0.4 is 10.7 Å². The Kier molecular flexibility index (Phi) is 6.19. The Morgan fingerprint density at radius 3 is 2.72 bits per heavy atom. The summed E-state index contributed by atoms with van der Waals surface area (Å²) in [6, 6.07) is 4.76. The number of rotatable bonds is 7. The van der Waals surface area contributed by atoms with E-state index in [1.807, 2.05) is 20.8 Å². The van der Waals surface area contributed by atoms with E-state index >= 15 is 0 Å². The van der Waals surface area contributed by atoms with Crippen LogP contribution in [0, 0.1) is 13.8 Å². The van der Waals surface area contributed by atoms with E-state index in [-0.39, 0.29) is 15.7 Å². The number of benzene rings is 1. The van der Waals surface area contributed by atoms with Crippen molar-refractivity contribution in [2.24, 2.45) is 5.14 Å². The number of fused-ring (bicyclic) bond motifs is 2. The minimum atomic E-state index is -3.81. The maximum absolute atomic E-state index is 12.7. The monoisotopic (exact) mass is 491 g/mol. The van der Waals surface area contributed by atoms with Crippen molar-refractivity contribution in [2.45, 2.75) is 62.4 Å². The average Bonchev–Trinajstić information content (AvgIpc) is 3.21. The van der Waals surface area contributed by atoms with Crippen molar-refractivity contribution in [3.05, 3.63) is 44.8 Å². The van der Waals surface area contributed by atoms with Crippen molar-refractivity contribution < 1.29 is 8.42 Å². The van der Waals surface area contributed by atoms with Crippen LogP contribution in [0.3, 0.4) is 0 Å². The van der Waals surface area contributed by atoms with Gasteiger partial charge in [0.15, 0.2) is 5.16 Å². The molecule has 3 aromatic heterocycles. The Balaban J connectivity index is 1.75. The van der Waals surface area contributed by atoms with Crippen molar-refractivity contribution >= 4 is 54.4 Å². The van der Waals surface area contributed by atoms with Gasteiger partial charge in [0.25, 0.3) is 5.56 Å². The predicted molar refractivity (Wildman–Crippen MR) is 130 cm³/mol. The summed E-state index contributed by atoms with van der Waals surface area (Å²) < 4.78 is 25.6. The topological polar surface area (TPSA) is 124 Å². The van der Waals surface area contributed by atoms with Crippen molar-refractivity contribution in [3.63, 3.8) is 0 Å². The summed E-state index contributed by atoms with van der Waals surface area (Å²) in [5.41, 5.74) is 2.26. The second-order valence-electron chi connectivity index (χ2n) is 7.77. The minimum absolute atomic E-state index is 0.0367. The van der Waals surface area contributed by atoms with Crippen molar-refractivity contribution in [3.8, 4) is 0 Å². The van der Waals surface area contributed by atoms with Gasteiger partial charge in [-0.25, -0.2) is 23.5 Å². The molecule has 3 N–H and O–H groups in total. The molecule has 3 heterocycles. The van der Waals surface area contributed by atoms with Gasteiger partial charge in [0.05, 0.1) is 26.6 Å². The Morgan fingerprint density at radius 2 is 2.03 bits per heavy atom. The Morgan fingerprint density at radius 1 is 1.28 bits per heavy atom. The molecule has 32 heavy (non-hydrogen) atoms. The second-order valence-corrected chi connectivity index (χ2v) is 11.8. The predicted octanol–water partition coefficient (Wildman–Crippen LogP) is 4.25. The van der Waals surface area contributed by atoms with Gasteiger partial charge >= 0.3 is 0 Å². The second kappa shape index (κ2) is 8.62. The summed E-state index contributed by atoms with van der Waals surface area (Å²) >= 11 is 3.01. The summed E-state index contributed by atoms with van der Waals surface area (Å²) in [5, 5.41) is 6.53. The minimum Gasteiger partial charge on any atom is -0.319 e. The van der Waals surface area contributed by atoms with Crippen LogP contribution >= 0.6 is 23.1 Å². The Labute approximate surface area is 194 Å². The first-order chi connectivity index (χ1) is 15.1. The van der Waals surface area contributed by atoms with Gasteiger partial charge in [0, 0.05) is 11.4 Å². The lowest BCUT2D eigenvalue weighted by Crippen LogP contribution is -2.13. The fraction of sp³-hybridized carbons (Fsp3) is 0.381. The highest BCUT2D eigenvalue weighted by Crippen LogP contribution is 2.36. The molecule has 1 aromatic carbocycles. The van der Waals surface area contributed by atoms with Crippen LogP contribution in [0.5, 0.6) is 0 Å². The highest BCUT2D eigenvalue weighted by Gasteiger charge is 2.20. The Hall–Kier alpha value is -2.21. The maximum atomic E-state index is 12.7. The highest BCUT2D eigenvalue weighted by molar-refractivity contribution is 7.99. The first kappa shape index (κ1) is 23.0. The van der Waals surface area contributed by atoms with Crippen LogP contribution in [0.1, 0.15) is 48.2 Å². The number of sulfonamides is 1. The molecular formula is C21H25N5O3S3. The third-order valence-corrected chi connectivity index (χ3v) is 8.58. The average molecular weight is 492 g/mol. The number of hydrogen-bond acceptors (Lipinski definition) is 7. The molecule has 1 atom stereocenters. The number of nitrogens with zero attached hydrogens (tertiary/aromatic N) is 3. The largest absolute Gasteiger partial charge is 0.319 e. The number of thioether (sulfide) groups is 1. The van der Waals surface area contributed by atoms with Gasteiger partial charge in [-0.05, 0) is 51.0 Å². The molecule has 0 aliphatic heterocycles. The molecule has 0 spiro atoms. The van der Waals surface area contributed by atoms with Gasteiger partial charge in [-0.1, -0.05) is 25.1 Å². The number of aryl methyl sites for hydroxylation is 3. The summed E-state index contributed by atoms with van der Waals surface area (Å²) in [5.74, 6) is 0.591. The van der Waals surface area contributed by atoms with E-state index in [2.05, 4.69) is 16.5 Å². The molecule has 0 saturated heterocycles. The van der Waals surface area contributed by atoms with Gasteiger partial charge in [-0.2, -0.15) is 0 Å². The summed E-state index contributed by atoms with van der Waals surface area (Å²) in [6.45, 7) is 8.77. The van der Waals surface area contributed by atoms with Crippen molar-refractivity contribution in [2.75, 3.05) is 0 Å². The summed E-state index contributed by atoms with van der Waals surface area (Å²) in [6.07, 6.45) is 1.97. The molecule has 4 rings (SSSR count). The van der Waals surface area contributed by atoms with Crippen LogP contribution in [-0.4, -0.2) is 27.9 Å². The van der Waals surface area contributed by atoms with E-state index in [1.165, 1.54) is 35.2 Å². The molecule has 1 unspecified atom stereocenters. The van der Waals surface area contributed by atoms with E-state index in [0.29, 0.717) is 16.7 Å². The third-order valence-electron chi connectivity index (χ3n) is 5.47. The normalized spacial score (nSPS) is 13.3. The van der Waals surface area contributed by atoms with E-state index in [9.17, 15) is 13.2 Å². The quantitative estimate of drug-likeness (QED) is 0.372. The number of imidazole rings is 1. The number of nitrogens with two attached hydrogens (primary N) is 1. The van der Waals surface area contributed by atoms with Gasteiger partial charge in [0.2, 0.25) is 10.0 Å². The van der Waals surface area contributed by atoms with Crippen molar-refractivity contribution in [1.29, 1.82) is 0 Å². The van der Waals surface area contributed by atoms with E-state index < -0.39 is 10.0 Å². The molecule has 11 heteroatoms. The molecule has 0 fully saturated rings. The number of aromatic amines is 1. The van der Waals surface area contributed by atoms with E-state index in [0.717, 1.165) is 45.3 Å². The van der Waals surface area contributed by atoms with Crippen LogP contribution in [-0.2, 0) is 16.6 Å². The summed E-state index contributed by atoms with van der Waals surface area (Å²) in [4.78, 5) is 26.9. The standard InChI is InChI=1S/C21H25N5O3S3/c1-5-6-9-26-16-8-7-14(32(22,28)29)10-15(16)23-21(26)31-13(4)18-24-19(27)17-11(2)12(3)30-20(17)25-18/h7-8,10,13H,5-6,9H2,1-4H3,(H2,22,28,29)(H,24,25,27). The molecule has 0 aliphatic rings. The fourth-order valence-corrected chi connectivity index (χ4v) is 6.14. The van der Waals surface area contributed by atoms with Gasteiger partial charge in [0.1, 0.15) is 10.7 Å². The molecule has 8 nitrogen and oxygen atoms in total. The number of unbranched alkanes of at least 4 members (excludes halogenated alkanes) is 1. The smallest absolute Gasteiger partial charge is 0.259 e.